The molecule has 0 saturated carbocycles. The highest BCUT2D eigenvalue weighted by molar-refractivity contribution is 5.85. The average molecular weight is 324 g/mol. The normalized spacial score (nSPS) is 9.05. The van der Waals surface area contributed by atoms with E-state index in [1.165, 1.54) is 5.56 Å². The van der Waals surface area contributed by atoms with Crippen molar-refractivity contribution in [2.75, 3.05) is 27.3 Å². The lowest BCUT2D eigenvalue weighted by molar-refractivity contribution is 0.414. The number of hydrogen-bond acceptors (Lipinski definition) is 3. The summed E-state index contributed by atoms with van der Waals surface area (Å²) in [6.45, 7) is 4.18. The fourth-order valence-corrected chi connectivity index (χ4v) is 1.79. The molecule has 0 spiro atoms. The van der Waals surface area contributed by atoms with E-state index >= 15 is 0 Å². The molecule has 0 amide bonds. The number of nitrogens with one attached hydrogen (secondary N) is 1. The summed E-state index contributed by atoms with van der Waals surface area (Å²) in [6, 6.07) is 17.9. The van der Waals surface area contributed by atoms with Crippen LogP contribution in [0.3, 0.4) is 0 Å². The van der Waals surface area contributed by atoms with Crippen molar-refractivity contribution in [3.05, 3.63) is 60.2 Å². The monoisotopic (exact) mass is 323 g/mol. The molecule has 0 aromatic heterocycles. The number of halogens is 1. The molecule has 4 heteroatoms. The van der Waals surface area contributed by atoms with Crippen LogP contribution in [0.4, 0.5) is 0 Å². The lowest BCUT2D eigenvalue weighted by Crippen LogP contribution is -2.15. The molecule has 0 unspecified atom stereocenters. The number of ether oxygens (including phenoxy) is 2. The maximum atomic E-state index is 5.14. The van der Waals surface area contributed by atoms with Crippen LogP contribution in [-0.4, -0.2) is 27.3 Å². The van der Waals surface area contributed by atoms with Gasteiger partial charge in [0.2, 0.25) is 0 Å². The molecule has 122 valence electrons. The van der Waals surface area contributed by atoms with E-state index in [0.717, 1.165) is 31.0 Å². The SMILES string of the molecule is CCNCCc1cccc(OC)c1.COc1ccccc1.Cl. The van der Waals surface area contributed by atoms with Gasteiger partial charge < -0.3 is 14.8 Å². The lowest BCUT2D eigenvalue weighted by Gasteiger charge is -2.04. The molecule has 2 aromatic carbocycles. The van der Waals surface area contributed by atoms with Gasteiger partial charge in [0.05, 0.1) is 14.2 Å². The van der Waals surface area contributed by atoms with Crippen molar-refractivity contribution < 1.29 is 9.47 Å². The van der Waals surface area contributed by atoms with Gasteiger partial charge in [-0.25, -0.2) is 0 Å². The predicted molar refractivity (Wildman–Crippen MR) is 95.5 cm³/mol. The fraction of sp³-hybridized carbons (Fsp3) is 0.333. The maximum absolute atomic E-state index is 5.14. The van der Waals surface area contributed by atoms with Crippen molar-refractivity contribution >= 4 is 12.4 Å². The molecule has 2 aromatic rings. The number of para-hydroxylation sites is 1. The van der Waals surface area contributed by atoms with E-state index in [9.17, 15) is 0 Å². The smallest absolute Gasteiger partial charge is 0.119 e. The zero-order valence-corrected chi connectivity index (χ0v) is 14.4. The molecule has 22 heavy (non-hydrogen) atoms. The van der Waals surface area contributed by atoms with E-state index in [1.807, 2.05) is 42.5 Å². The quantitative estimate of drug-likeness (QED) is 0.816. The van der Waals surface area contributed by atoms with Crippen LogP contribution < -0.4 is 14.8 Å². The number of hydrogen-bond donors (Lipinski definition) is 1. The van der Waals surface area contributed by atoms with Gasteiger partial charge in [0.25, 0.3) is 0 Å². The Morgan fingerprint density at radius 3 is 2.05 bits per heavy atom. The Balaban J connectivity index is 0.000000423. The Labute approximate surface area is 140 Å². The Morgan fingerprint density at radius 2 is 1.50 bits per heavy atom. The van der Waals surface area contributed by atoms with E-state index in [2.05, 4.69) is 24.4 Å². The molecule has 1 N–H and O–H groups in total. The van der Waals surface area contributed by atoms with Gasteiger partial charge in [-0.2, -0.15) is 0 Å². The van der Waals surface area contributed by atoms with E-state index in [0.29, 0.717) is 0 Å². The van der Waals surface area contributed by atoms with Gasteiger partial charge in [-0.1, -0.05) is 37.3 Å². The van der Waals surface area contributed by atoms with Crippen LogP contribution in [0.2, 0.25) is 0 Å². The molecular formula is C18H26ClNO2. The Morgan fingerprint density at radius 1 is 0.864 bits per heavy atom. The van der Waals surface area contributed by atoms with Crippen LogP contribution in [0.25, 0.3) is 0 Å². The first-order chi connectivity index (χ1) is 10.3. The second-order valence-corrected chi connectivity index (χ2v) is 4.47. The second kappa shape index (κ2) is 13.0. The van der Waals surface area contributed by atoms with Crippen LogP contribution in [0.1, 0.15) is 12.5 Å². The predicted octanol–water partition coefficient (Wildman–Crippen LogP) is 3.96. The van der Waals surface area contributed by atoms with Crippen LogP contribution in [0, 0.1) is 0 Å². The average Bonchev–Trinajstić information content (AvgIpc) is 2.57. The molecule has 3 nitrogen and oxygen atoms in total. The van der Waals surface area contributed by atoms with Gasteiger partial charge in [-0.15, -0.1) is 12.4 Å². The van der Waals surface area contributed by atoms with Gasteiger partial charge in [0.15, 0.2) is 0 Å². The molecule has 0 aliphatic heterocycles. The molecule has 0 heterocycles. The summed E-state index contributed by atoms with van der Waals surface area (Å²) in [4.78, 5) is 0. The highest BCUT2D eigenvalue weighted by Gasteiger charge is 1.94. The zero-order chi connectivity index (χ0) is 15.3. The third-order valence-electron chi connectivity index (χ3n) is 2.95. The van der Waals surface area contributed by atoms with Crippen molar-refractivity contribution in [2.45, 2.75) is 13.3 Å². The van der Waals surface area contributed by atoms with Gasteiger partial charge in [-0.3, -0.25) is 0 Å². The summed E-state index contributed by atoms with van der Waals surface area (Å²) in [6.07, 6.45) is 1.06. The van der Waals surface area contributed by atoms with E-state index in [4.69, 9.17) is 9.47 Å². The largest absolute Gasteiger partial charge is 0.497 e. The molecule has 0 atom stereocenters. The third-order valence-corrected chi connectivity index (χ3v) is 2.95. The summed E-state index contributed by atoms with van der Waals surface area (Å²) < 4.78 is 10.1. The number of methoxy groups -OCH3 is 2. The molecule has 0 aliphatic carbocycles. The molecule has 0 bridgehead atoms. The van der Waals surface area contributed by atoms with Gasteiger partial charge in [0.1, 0.15) is 11.5 Å². The van der Waals surface area contributed by atoms with Gasteiger partial charge in [-0.05, 0) is 49.3 Å². The molecule has 2 rings (SSSR count). The van der Waals surface area contributed by atoms with Crippen LogP contribution in [0.5, 0.6) is 11.5 Å². The van der Waals surface area contributed by atoms with Gasteiger partial charge in [0, 0.05) is 0 Å². The number of likely N-dealkylation sites (N-methyl/N-ethyl adjacent to an activating group) is 1. The first-order valence-electron chi connectivity index (χ1n) is 7.22. The van der Waals surface area contributed by atoms with Gasteiger partial charge >= 0.3 is 0 Å². The summed E-state index contributed by atoms with van der Waals surface area (Å²) >= 11 is 0. The first kappa shape index (κ1) is 20.3. The zero-order valence-electron chi connectivity index (χ0n) is 13.5. The highest BCUT2D eigenvalue weighted by atomic mass is 35.5. The first-order valence-corrected chi connectivity index (χ1v) is 7.22. The third kappa shape index (κ3) is 8.55. The minimum absolute atomic E-state index is 0. The van der Waals surface area contributed by atoms with Crippen LogP contribution in [-0.2, 0) is 6.42 Å². The van der Waals surface area contributed by atoms with Crippen molar-refractivity contribution in [1.29, 1.82) is 0 Å². The van der Waals surface area contributed by atoms with Crippen molar-refractivity contribution in [2.24, 2.45) is 0 Å². The molecule has 0 aliphatic rings. The van der Waals surface area contributed by atoms with Crippen molar-refractivity contribution in [1.82, 2.24) is 5.32 Å². The summed E-state index contributed by atoms with van der Waals surface area (Å²) in [5.74, 6) is 1.85. The lowest BCUT2D eigenvalue weighted by atomic mass is 10.1. The Kier molecular flexibility index (Phi) is 12.0. The summed E-state index contributed by atoms with van der Waals surface area (Å²) in [5, 5.41) is 3.29. The van der Waals surface area contributed by atoms with E-state index in [-0.39, 0.29) is 12.4 Å². The topological polar surface area (TPSA) is 30.5 Å². The second-order valence-electron chi connectivity index (χ2n) is 4.47. The maximum Gasteiger partial charge on any atom is 0.119 e. The number of rotatable bonds is 6. The van der Waals surface area contributed by atoms with E-state index < -0.39 is 0 Å². The van der Waals surface area contributed by atoms with Crippen LogP contribution >= 0.6 is 12.4 Å². The number of benzene rings is 2. The van der Waals surface area contributed by atoms with Crippen molar-refractivity contribution in [3.63, 3.8) is 0 Å². The Bertz CT molecular complexity index is 491. The van der Waals surface area contributed by atoms with E-state index in [1.54, 1.807) is 14.2 Å². The molecular weight excluding hydrogens is 298 g/mol. The summed E-state index contributed by atoms with van der Waals surface area (Å²) in [5.41, 5.74) is 1.32. The minimum atomic E-state index is 0. The minimum Gasteiger partial charge on any atom is -0.497 e. The van der Waals surface area contributed by atoms with Crippen LogP contribution in [0.15, 0.2) is 54.6 Å². The highest BCUT2D eigenvalue weighted by Crippen LogP contribution is 2.12. The molecule has 0 saturated heterocycles. The summed E-state index contributed by atoms with van der Waals surface area (Å²) in [7, 11) is 3.36. The standard InChI is InChI=1S/C11H17NO.C7H8O.ClH/c1-3-12-8-7-10-5-4-6-11(9-10)13-2;1-8-7-5-3-2-4-6-7;/h4-6,9,12H,3,7-8H2,1-2H3;2-6H,1H3;1H. The molecule has 0 radical (unpaired) electrons. The van der Waals surface area contributed by atoms with Crippen molar-refractivity contribution in [3.8, 4) is 11.5 Å². The fourth-order valence-electron chi connectivity index (χ4n) is 1.79. The Hall–Kier alpha value is -1.71. The molecule has 0 fully saturated rings.